The summed E-state index contributed by atoms with van der Waals surface area (Å²) in [5.41, 5.74) is 1.95. The van der Waals surface area contributed by atoms with Crippen LogP contribution in [0.2, 0.25) is 25.7 Å². The van der Waals surface area contributed by atoms with Gasteiger partial charge in [-0.1, -0.05) is 19.6 Å². The number of nitrogens with zero attached hydrogens (tertiary/aromatic N) is 5. The molecule has 0 aliphatic heterocycles. The lowest BCUT2D eigenvalue weighted by Crippen LogP contribution is -2.22. The van der Waals surface area contributed by atoms with E-state index in [1.54, 1.807) is 6.20 Å². The lowest BCUT2D eigenvalue weighted by Gasteiger charge is -2.15. The lowest BCUT2D eigenvalue weighted by atomic mass is 10.1. The first-order valence-electron chi connectivity index (χ1n) is 7.98. The van der Waals surface area contributed by atoms with Crippen LogP contribution in [0.3, 0.4) is 0 Å². The quantitative estimate of drug-likeness (QED) is 0.439. The van der Waals surface area contributed by atoms with Gasteiger partial charge >= 0.3 is 0 Å². The maximum atomic E-state index is 9.41. The van der Waals surface area contributed by atoms with Gasteiger partial charge in [0.05, 0.1) is 11.3 Å². The SMILES string of the molecule is CN(C)/C=C(/C#N)c1ncnc2c1ccn2COCC[Si](C)(C)C. The van der Waals surface area contributed by atoms with Crippen LogP contribution in [-0.2, 0) is 11.5 Å². The Labute approximate surface area is 144 Å². The predicted octanol–water partition coefficient (Wildman–Crippen LogP) is 3.17. The van der Waals surface area contributed by atoms with Crippen molar-refractivity contribution in [2.75, 3.05) is 20.7 Å². The number of allylic oxidation sites excluding steroid dienone is 1. The fourth-order valence-electron chi connectivity index (χ4n) is 2.26. The van der Waals surface area contributed by atoms with Crippen LogP contribution in [0.25, 0.3) is 16.6 Å². The van der Waals surface area contributed by atoms with Gasteiger partial charge in [0.1, 0.15) is 24.8 Å². The molecule has 2 aromatic rings. The first-order chi connectivity index (χ1) is 11.3. The summed E-state index contributed by atoms with van der Waals surface area (Å²) in [6, 6.07) is 5.29. The first-order valence-corrected chi connectivity index (χ1v) is 11.7. The summed E-state index contributed by atoms with van der Waals surface area (Å²) >= 11 is 0. The van der Waals surface area contributed by atoms with Gasteiger partial charge in [-0.25, -0.2) is 9.97 Å². The van der Waals surface area contributed by atoms with E-state index in [0.717, 1.165) is 23.7 Å². The second-order valence-corrected chi connectivity index (χ2v) is 12.8. The Hall–Kier alpha value is -2.17. The van der Waals surface area contributed by atoms with Gasteiger partial charge in [0.15, 0.2) is 0 Å². The van der Waals surface area contributed by atoms with E-state index >= 15 is 0 Å². The second kappa shape index (κ2) is 7.60. The Balaban J connectivity index is 2.22. The minimum Gasteiger partial charge on any atom is -0.382 e. The van der Waals surface area contributed by atoms with E-state index in [9.17, 15) is 5.26 Å². The summed E-state index contributed by atoms with van der Waals surface area (Å²) < 4.78 is 7.76. The van der Waals surface area contributed by atoms with Gasteiger partial charge in [0.25, 0.3) is 0 Å². The lowest BCUT2D eigenvalue weighted by molar-refractivity contribution is 0.0899. The van der Waals surface area contributed by atoms with Crippen molar-refractivity contribution in [3.8, 4) is 6.07 Å². The predicted molar refractivity (Wildman–Crippen MR) is 98.9 cm³/mol. The van der Waals surface area contributed by atoms with Crippen molar-refractivity contribution in [3.63, 3.8) is 0 Å². The van der Waals surface area contributed by atoms with Gasteiger partial charge in [0, 0.05) is 46.6 Å². The van der Waals surface area contributed by atoms with E-state index in [1.807, 2.05) is 35.8 Å². The van der Waals surface area contributed by atoms with E-state index in [0.29, 0.717) is 18.0 Å². The number of ether oxygens (including phenoxy) is 1. The molecular weight excluding hydrogens is 318 g/mol. The molecule has 6 nitrogen and oxygen atoms in total. The van der Waals surface area contributed by atoms with Crippen LogP contribution in [0.5, 0.6) is 0 Å². The van der Waals surface area contributed by atoms with Crippen molar-refractivity contribution >= 4 is 24.7 Å². The third kappa shape index (κ3) is 4.66. The Morgan fingerprint density at radius 1 is 1.38 bits per heavy atom. The molecule has 0 aliphatic rings. The van der Waals surface area contributed by atoms with Crippen LogP contribution in [0.15, 0.2) is 24.8 Å². The molecule has 24 heavy (non-hydrogen) atoms. The van der Waals surface area contributed by atoms with Crippen LogP contribution < -0.4 is 0 Å². The van der Waals surface area contributed by atoms with Gasteiger partial charge in [-0.3, -0.25) is 0 Å². The highest BCUT2D eigenvalue weighted by Gasteiger charge is 2.14. The van der Waals surface area contributed by atoms with Gasteiger partial charge < -0.3 is 14.2 Å². The number of rotatable bonds is 7. The molecule has 128 valence electrons. The standard InChI is InChI=1S/C17H25N5OSi/c1-21(2)11-14(10-18)16-15-6-7-22(17(15)20-12-19-16)13-23-8-9-24(3,4)5/h6-7,11-12H,8-9,13H2,1-5H3/b14-11-. The summed E-state index contributed by atoms with van der Waals surface area (Å²) in [5.74, 6) is 0. The monoisotopic (exact) mass is 343 g/mol. The average Bonchev–Trinajstić information content (AvgIpc) is 2.91. The van der Waals surface area contributed by atoms with E-state index < -0.39 is 8.07 Å². The molecule has 0 spiro atoms. The van der Waals surface area contributed by atoms with Gasteiger partial charge in [-0.15, -0.1) is 0 Å². The molecule has 0 radical (unpaired) electrons. The molecule has 0 fully saturated rings. The summed E-state index contributed by atoms with van der Waals surface area (Å²) in [4.78, 5) is 10.5. The third-order valence-electron chi connectivity index (χ3n) is 3.55. The first kappa shape index (κ1) is 18.2. The largest absolute Gasteiger partial charge is 0.382 e. The highest BCUT2D eigenvalue weighted by atomic mass is 28.3. The molecule has 0 aromatic carbocycles. The molecule has 0 saturated heterocycles. The van der Waals surface area contributed by atoms with Crippen LogP contribution in [0, 0.1) is 11.3 Å². The van der Waals surface area contributed by atoms with E-state index in [4.69, 9.17) is 4.74 Å². The van der Waals surface area contributed by atoms with E-state index in [-0.39, 0.29) is 0 Å². The van der Waals surface area contributed by atoms with Gasteiger partial charge in [-0.05, 0) is 12.1 Å². The number of aromatic nitrogens is 3. The average molecular weight is 344 g/mol. The number of nitriles is 1. The second-order valence-electron chi connectivity index (χ2n) is 7.21. The summed E-state index contributed by atoms with van der Waals surface area (Å²) in [6.07, 6.45) is 5.20. The highest BCUT2D eigenvalue weighted by Crippen LogP contribution is 2.22. The van der Waals surface area contributed by atoms with Gasteiger partial charge in [-0.2, -0.15) is 5.26 Å². The van der Waals surface area contributed by atoms with Crippen molar-refractivity contribution < 1.29 is 4.74 Å². The zero-order chi connectivity index (χ0) is 17.7. The van der Waals surface area contributed by atoms with Crippen LogP contribution >= 0.6 is 0 Å². The van der Waals surface area contributed by atoms with Crippen molar-refractivity contribution in [2.45, 2.75) is 32.4 Å². The molecule has 2 heterocycles. The molecule has 0 saturated carbocycles. The Morgan fingerprint density at radius 2 is 2.12 bits per heavy atom. The normalized spacial score (nSPS) is 12.4. The van der Waals surface area contributed by atoms with E-state index in [1.165, 1.54) is 6.33 Å². The maximum Gasteiger partial charge on any atom is 0.145 e. The summed E-state index contributed by atoms with van der Waals surface area (Å²) in [5, 5.41) is 10.3. The van der Waals surface area contributed by atoms with Crippen LogP contribution in [0.1, 0.15) is 5.69 Å². The maximum absolute atomic E-state index is 9.41. The Bertz CT molecular complexity index is 767. The zero-order valence-corrected chi connectivity index (χ0v) is 16.1. The van der Waals surface area contributed by atoms with Crippen LogP contribution in [0.4, 0.5) is 0 Å². The minimum atomic E-state index is -1.09. The molecule has 2 aromatic heterocycles. The Kier molecular flexibility index (Phi) is 5.75. The molecular formula is C17H25N5OSi. The van der Waals surface area contributed by atoms with Crippen molar-refractivity contribution in [1.29, 1.82) is 5.26 Å². The van der Waals surface area contributed by atoms with Crippen molar-refractivity contribution in [3.05, 3.63) is 30.5 Å². The highest BCUT2D eigenvalue weighted by molar-refractivity contribution is 6.76. The molecule has 0 N–H and O–H groups in total. The summed E-state index contributed by atoms with van der Waals surface area (Å²) in [7, 11) is 2.68. The Morgan fingerprint density at radius 3 is 2.75 bits per heavy atom. The smallest absolute Gasteiger partial charge is 0.145 e. The number of fused-ring (bicyclic) bond motifs is 1. The summed E-state index contributed by atoms with van der Waals surface area (Å²) in [6.45, 7) is 8.23. The van der Waals surface area contributed by atoms with Crippen LogP contribution in [-0.4, -0.2) is 48.2 Å². The molecule has 2 rings (SSSR count). The molecule has 0 amide bonds. The third-order valence-corrected chi connectivity index (χ3v) is 5.25. The fourth-order valence-corrected chi connectivity index (χ4v) is 3.02. The van der Waals surface area contributed by atoms with Crippen molar-refractivity contribution in [1.82, 2.24) is 19.4 Å². The molecule has 0 unspecified atom stereocenters. The topological polar surface area (TPSA) is 67.0 Å². The molecule has 0 aliphatic carbocycles. The molecule has 7 heteroatoms. The minimum absolute atomic E-state index is 0.462. The van der Waals surface area contributed by atoms with Gasteiger partial charge in [0.2, 0.25) is 0 Å². The van der Waals surface area contributed by atoms with Crippen molar-refractivity contribution in [2.24, 2.45) is 0 Å². The number of hydrogen-bond donors (Lipinski definition) is 0. The zero-order valence-electron chi connectivity index (χ0n) is 15.1. The molecule has 0 bridgehead atoms. The number of hydrogen-bond acceptors (Lipinski definition) is 5. The molecule has 0 atom stereocenters. The fraction of sp³-hybridized carbons (Fsp3) is 0.471. The van der Waals surface area contributed by atoms with E-state index in [2.05, 4.69) is 35.7 Å².